The van der Waals surface area contributed by atoms with Crippen molar-refractivity contribution < 1.29 is 19.6 Å². The summed E-state index contributed by atoms with van der Waals surface area (Å²) in [5.74, 6) is -3.12. The van der Waals surface area contributed by atoms with Gasteiger partial charge in [-0.1, -0.05) is 185 Å². The highest BCUT2D eigenvalue weighted by molar-refractivity contribution is 5.73. The standard InChI is InChI=1S/C21H21N.C20H20N.C20H19N/c1-16(2)14-17-8-10-18(11-9-17)20-12-13-22-21(15-20)19-6-4-3-5-7-19;1-15-7-6-9-17(13-15)18-11-12-21(3)20(14-18)19-10-5-4-8-16(19)2;1-15(2)16-8-10-17(11-9-16)19-12-13-21-20(14-19)18-6-4-3-5-7-18/h3-13,15-16H,14H2,1-2H3;4-14H,1-3H3;3-15H,1-2H3/q;+1;/i1D3,16D;1D3;1D3,15D. The number of rotatable bonds is 9. The highest BCUT2D eigenvalue weighted by Gasteiger charge is 2.14. The summed E-state index contributed by atoms with van der Waals surface area (Å²) in [6.45, 7) is -1.78. The molecule has 318 valence electrons. The van der Waals surface area contributed by atoms with Crippen molar-refractivity contribution in [2.24, 2.45) is 12.9 Å². The van der Waals surface area contributed by atoms with Crippen LogP contribution in [0.2, 0.25) is 0 Å². The van der Waals surface area contributed by atoms with Crippen molar-refractivity contribution in [1.82, 2.24) is 9.97 Å². The molecule has 0 radical (unpaired) electrons. The van der Waals surface area contributed by atoms with Crippen LogP contribution in [0, 0.1) is 19.7 Å². The van der Waals surface area contributed by atoms with E-state index in [1.165, 1.54) is 25.0 Å². The van der Waals surface area contributed by atoms with Crippen LogP contribution >= 0.6 is 0 Å². The van der Waals surface area contributed by atoms with Crippen molar-refractivity contribution in [3.05, 3.63) is 235 Å². The molecule has 64 heavy (non-hydrogen) atoms. The Morgan fingerprint density at radius 3 is 1.64 bits per heavy atom. The Morgan fingerprint density at radius 1 is 0.516 bits per heavy atom. The van der Waals surface area contributed by atoms with Crippen molar-refractivity contribution in [3.63, 3.8) is 0 Å². The van der Waals surface area contributed by atoms with Crippen LogP contribution in [-0.2, 0) is 13.5 Å². The SMILES string of the molecule is [2H]C([2H])([2H])C([2H])(C)Cc1ccc(-c2ccnc(-c3ccccc3)c2)cc1.[2H]C([2H])([2H])C([2H])(C)c1ccc(-c2ccnc(-c3ccccc3)c2)cc1.[2H]C([2H])([2H])c1cccc(-c2cc[n+](C)c(-c3ccccc3C)c2)c1. The van der Waals surface area contributed by atoms with Crippen LogP contribution in [0.1, 0.15) is 70.8 Å². The molecule has 3 heterocycles. The maximum absolute atomic E-state index is 8.17. The molecule has 0 spiro atoms. The molecular formula is C61H60N3+. The van der Waals surface area contributed by atoms with Gasteiger partial charge in [-0.05, 0) is 112 Å². The minimum absolute atomic E-state index is 0.190. The fourth-order valence-corrected chi connectivity index (χ4v) is 7.36. The number of aromatic nitrogens is 3. The molecule has 0 N–H and O–H groups in total. The number of hydrogen-bond donors (Lipinski definition) is 0. The van der Waals surface area contributed by atoms with Crippen LogP contribution in [0.5, 0.6) is 0 Å². The number of benzene rings is 6. The van der Waals surface area contributed by atoms with Crippen LogP contribution < -0.4 is 4.57 Å². The lowest BCUT2D eigenvalue weighted by Gasteiger charge is -2.08. The third-order valence-corrected chi connectivity index (χ3v) is 10.8. The first-order valence-electron chi connectivity index (χ1n) is 26.8. The largest absolute Gasteiger partial charge is 0.256 e. The lowest BCUT2D eigenvalue weighted by atomic mass is 9.98. The predicted molar refractivity (Wildman–Crippen MR) is 271 cm³/mol. The zero-order valence-corrected chi connectivity index (χ0v) is 36.8. The van der Waals surface area contributed by atoms with Crippen molar-refractivity contribution >= 4 is 0 Å². The molecule has 2 atom stereocenters. The van der Waals surface area contributed by atoms with Gasteiger partial charge in [0.15, 0.2) is 6.20 Å². The number of pyridine rings is 3. The number of aryl methyl sites for hydroxylation is 3. The van der Waals surface area contributed by atoms with Gasteiger partial charge in [0.1, 0.15) is 7.05 Å². The van der Waals surface area contributed by atoms with Gasteiger partial charge in [-0.2, -0.15) is 0 Å². The molecule has 9 rings (SSSR count). The van der Waals surface area contributed by atoms with Crippen LogP contribution in [0.15, 0.2) is 213 Å². The highest BCUT2D eigenvalue weighted by Crippen LogP contribution is 2.29. The van der Waals surface area contributed by atoms with E-state index < -0.39 is 32.3 Å². The third-order valence-electron chi connectivity index (χ3n) is 10.8. The van der Waals surface area contributed by atoms with E-state index in [4.69, 9.17) is 15.1 Å². The van der Waals surface area contributed by atoms with Gasteiger partial charge in [-0.3, -0.25) is 9.97 Å². The number of nitrogens with zero attached hydrogens (tertiary/aromatic N) is 3. The van der Waals surface area contributed by atoms with Gasteiger partial charge in [0.25, 0.3) is 0 Å². The summed E-state index contributed by atoms with van der Waals surface area (Å²) >= 11 is 0. The summed E-state index contributed by atoms with van der Waals surface area (Å²) in [7, 11) is 2.02. The highest BCUT2D eigenvalue weighted by atomic mass is 14.9. The van der Waals surface area contributed by atoms with Crippen molar-refractivity contribution in [1.29, 1.82) is 0 Å². The smallest absolute Gasteiger partial charge is 0.213 e. The maximum atomic E-state index is 8.17. The second kappa shape index (κ2) is 21.7. The van der Waals surface area contributed by atoms with Crippen LogP contribution in [0.3, 0.4) is 0 Å². The van der Waals surface area contributed by atoms with Crippen molar-refractivity contribution in [3.8, 4) is 67.2 Å². The first-order valence-corrected chi connectivity index (χ1v) is 21.3. The van der Waals surface area contributed by atoms with E-state index >= 15 is 0 Å². The molecule has 9 aromatic rings. The van der Waals surface area contributed by atoms with Gasteiger partial charge in [-0.25, -0.2) is 4.57 Å². The minimum Gasteiger partial charge on any atom is -0.256 e. The van der Waals surface area contributed by atoms with Crippen molar-refractivity contribution in [2.45, 2.75) is 53.6 Å². The quantitative estimate of drug-likeness (QED) is 0.135. The molecule has 0 bridgehead atoms. The molecule has 2 unspecified atom stereocenters. The average Bonchev–Trinajstić information content (AvgIpc) is 3.39. The minimum atomic E-state index is -2.37. The molecule has 0 aliphatic rings. The summed E-state index contributed by atoms with van der Waals surface area (Å²) in [5.41, 5.74) is 15.1. The first kappa shape index (κ1) is 32.4. The Bertz CT molecular complexity index is 3310. The van der Waals surface area contributed by atoms with Gasteiger partial charge in [-0.15, -0.1) is 0 Å². The van der Waals surface area contributed by atoms with E-state index in [-0.39, 0.29) is 6.42 Å². The second-order valence-corrected chi connectivity index (χ2v) is 15.8. The van der Waals surface area contributed by atoms with E-state index in [9.17, 15) is 0 Å². The van der Waals surface area contributed by atoms with Gasteiger partial charge in [0.2, 0.25) is 5.69 Å². The molecule has 0 fully saturated rings. The molecule has 6 aromatic carbocycles. The zero-order valence-electron chi connectivity index (χ0n) is 47.8. The van der Waals surface area contributed by atoms with Crippen LogP contribution in [0.4, 0.5) is 0 Å². The Balaban J connectivity index is 0.000000164. The lowest BCUT2D eigenvalue weighted by molar-refractivity contribution is -0.660. The van der Waals surface area contributed by atoms with E-state index in [0.717, 1.165) is 67.2 Å². The molecule has 0 saturated carbocycles. The molecule has 0 amide bonds. The monoisotopic (exact) mass is 846 g/mol. The lowest BCUT2D eigenvalue weighted by Crippen LogP contribution is -2.30. The predicted octanol–water partition coefficient (Wildman–Crippen LogP) is 15.6. The molecule has 3 nitrogen and oxygen atoms in total. The Kier molecular flexibility index (Phi) is 11.0. The third kappa shape index (κ3) is 12.0. The van der Waals surface area contributed by atoms with Gasteiger partial charge in [0, 0.05) is 56.3 Å². The van der Waals surface area contributed by atoms with Gasteiger partial charge >= 0.3 is 0 Å². The molecule has 0 aliphatic carbocycles. The Hall–Kier alpha value is -7.23. The molecular weight excluding hydrogens is 775 g/mol. The zero-order chi connectivity index (χ0) is 54.2. The Morgan fingerprint density at radius 2 is 1.06 bits per heavy atom. The van der Waals surface area contributed by atoms with Gasteiger partial charge in [0.05, 0.1) is 11.4 Å². The Labute approximate surface area is 397 Å². The molecule has 3 heteroatoms. The van der Waals surface area contributed by atoms with E-state index in [2.05, 4.69) is 39.7 Å². The second-order valence-electron chi connectivity index (χ2n) is 15.8. The molecule has 0 aliphatic heterocycles. The van der Waals surface area contributed by atoms with E-state index in [1.807, 2.05) is 159 Å². The summed E-state index contributed by atoms with van der Waals surface area (Å²) < 4.78 is 86.3. The summed E-state index contributed by atoms with van der Waals surface area (Å²) in [6.07, 6.45) is 5.76. The van der Waals surface area contributed by atoms with Crippen LogP contribution in [0.25, 0.3) is 67.2 Å². The van der Waals surface area contributed by atoms with E-state index in [0.29, 0.717) is 11.1 Å². The first-order chi connectivity index (χ1) is 35.4. The average molecular weight is 846 g/mol. The molecule has 3 aromatic heterocycles. The van der Waals surface area contributed by atoms with E-state index in [1.54, 1.807) is 42.7 Å². The van der Waals surface area contributed by atoms with Crippen LogP contribution in [-0.4, -0.2) is 9.97 Å². The fourth-order valence-electron chi connectivity index (χ4n) is 7.36. The summed E-state index contributed by atoms with van der Waals surface area (Å²) in [4.78, 5) is 8.86. The number of hydrogen-bond acceptors (Lipinski definition) is 2. The maximum Gasteiger partial charge on any atom is 0.213 e. The summed E-state index contributed by atoms with van der Waals surface area (Å²) in [5, 5.41) is 0. The van der Waals surface area contributed by atoms with Crippen molar-refractivity contribution in [2.75, 3.05) is 0 Å². The summed E-state index contributed by atoms with van der Waals surface area (Å²) in [6, 6.07) is 62.3. The fraction of sp³-hybridized carbons (Fsp3) is 0.164. The van der Waals surface area contributed by atoms with Gasteiger partial charge < -0.3 is 0 Å². The normalized spacial score (nSPS) is 15.7. The molecule has 0 saturated heterocycles. The topological polar surface area (TPSA) is 29.7 Å².